The minimum Gasteiger partial charge on any atom is -0.493 e. The summed E-state index contributed by atoms with van der Waals surface area (Å²) in [6, 6.07) is 5.39. The quantitative estimate of drug-likeness (QED) is 0.721. The molecule has 2 aromatic rings. The Bertz CT molecular complexity index is 1220. The number of carbonyl (C=O) groups excluding carboxylic acids is 1. The second-order valence-electron chi connectivity index (χ2n) is 8.77. The van der Waals surface area contributed by atoms with Crippen molar-refractivity contribution in [3.63, 3.8) is 0 Å². The highest BCUT2D eigenvalue weighted by Gasteiger charge is 2.52. The fraction of sp³-hybridized carbons (Fsp3) is 0.455. The largest absolute Gasteiger partial charge is 0.493 e. The summed E-state index contributed by atoms with van der Waals surface area (Å²) in [6.45, 7) is 7.08. The highest BCUT2D eigenvalue weighted by atomic mass is 32.2. The van der Waals surface area contributed by atoms with Gasteiger partial charge in [0.15, 0.2) is 15.6 Å². The molecular formula is C22H26N4O4S. The third kappa shape index (κ3) is 3.50. The lowest BCUT2D eigenvalue weighted by atomic mass is 9.84. The Morgan fingerprint density at radius 3 is 2.68 bits per heavy atom. The number of nitrogens with zero attached hydrogens (tertiary/aromatic N) is 3. The molecule has 1 spiro atoms. The lowest BCUT2D eigenvalue weighted by Gasteiger charge is -2.42. The van der Waals surface area contributed by atoms with Crippen LogP contribution in [0.25, 0.3) is 0 Å². The molecule has 0 amide bonds. The second kappa shape index (κ2) is 7.12. The van der Waals surface area contributed by atoms with E-state index in [-0.39, 0.29) is 23.8 Å². The predicted molar refractivity (Wildman–Crippen MR) is 117 cm³/mol. The van der Waals surface area contributed by atoms with Crippen LogP contribution in [0.15, 0.2) is 29.4 Å². The Kier molecular flexibility index (Phi) is 4.92. The van der Waals surface area contributed by atoms with Gasteiger partial charge in [0.05, 0.1) is 23.7 Å². The molecule has 2 aliphatic rings. The standard InChI is InChI=1S/C22H26N4O4S/c1-13-11-24-19(14(2)25-13)17(27)10-15-5-6-18-16(9-15)22(7-8-30-18)12-31(28,29)21(3,4)20(23)26-22/h5-6,9,11H,7-8,10,12H2,1-4H3,(H2,23,26)/t22-/m0/s1. The maximum atomic E-state index is 13.0. The maximum absolute atomic E-state index is 13.0. The first-order valence-corrected chi connectivity index (χ1v) is 11.8. The van der Waals surface area contributed by atoms with Crippen LogP contribution in [-0.2, 0) is 21.8 Å². The van der Waals surface area contributed by atoms with Gasteiger partial charge in [-0.05, 0) is 45.4 Å². The topological polar surface area (TPSA) is 125 Å². The zero-order chi connectivity index (χ0) is 22.6. The SMILES string of the molecule is Cc1cnc(C(=O)Cc2ccc3c(c2)[C@]2(CCO3)CS(=O)(=O)C(C)(C)C(N)=N2)c(C)n1. The van der Waals surface area contributed by atoms with Gasteiger partial charge >= 0.3 is 0 Å². The van der Waals surface area contributed by atoms with Crippen LogP contribution in [0.1, 0.15) is 53.3 Å². The lowest BCUT2D eigenvalue weighted by molar-refractivity contribution is 0.0987. The minimum absolute atomic E-state index is 0.0960. The normalized spacial score (nSPS) is 23.5. The van der Waals surface area contributed by atoms with Gasteiger partial charge in [0.1, 0.15) is 27.6 Å². The van der Waals surface area contributed by atoms with Crippen LogP contribution < -0.4 is 10.5 Å². The molecule has 0 fully saturated rings. The van der Waals surface area contributed by atoms with Crippen molar-refractivity contribution < 1.29 is 17.9 Å². The van der Waals surface area contributed by atoms with Gasteiger partial charge in [0.2, 0.25) is 0 Å². The van der Waals surface area contributed by atoms with Gasteiger partial charge in [0.25, 0.3) is 0 Å². The number of ether oxygens (including phenoxy) is 1. The van der Waals surface area contributed by atoms with Crippen molar-refractivity contribution in [2.45, 2.75) is 50.8 Å². The molecule has 8 nitrogen and oxygen atoms in total. The van der Waals surface area contributed by atoms with Gasteiger partial charge < -0.3 is 10.5 Å². The fourth-order valence-corrected chi connectivity index (χ4v) is 5.82. The van der Waals surface area contributed by atoms with Gasteiger partial charge in [0, 0.05) is 24.6 Å². The van der Waals surface area contributed by atoms with E-state index in [9.17, 15) is 13.2 Å². The van der Waals surface area contributed by atoms with Crippen molar-refractivity contribution in [1.82, 2.24) is 9.97 Å². The summed E-state index contributed by atoms with van der Waals surface area (Å²) in [5.41, 5.74) is 8.17. The molecule has 1 aromatic carbocycles. The highest BCUT2D eigenvalue weighted by molar-refractivity contribution is 7.93. The monoisotopic (exact) mass is 442 g/mol. The Labute approximate surface area is 181 Å². The number of ketones is 1. The predicted octanol–water partition coefficient (Wildman–Crippen LogP) is 2.06. The molecule has 2 N–H and O–H groups in total. The number of fused-ring (bicyclic) bond motifs is 2. The summed E-state index contributed by atoms with van der Waals surface area (Å²) in [4.78, 5) is 26.1. The molecule has 1 aromatic heterocycles. The van der Waals surface area contributed by atoms with Crippen molar-refractivity contribution in [3.8, 4) is 5.75 Å². The minimum atomic E-state index is -3.55. The Hall–Kier alpha value is -2.81. The molecule has 0 unspecified atom stereocenters. The number of nitrogens with two attached hydrogens (primary N) is 1. The van der Waals surface area contributed by atoms with Crippen LogP contribution in [0.4, 0.5) is 0 Å². The Morgan fingerprint density at radius 2 is 2.00 bits per heavy atom. The van der Waals surface area contributed by atoms with Crippen LogP contribution in [-0.4, -0.2) is 47.1 Å². The van der Waals surface area contributed by atoms with Crippen molar-refractivity contribution in [2.24, 2.45) is 10.7 Å². The van der Waals surface area contributed by atoms with E-state index in [2.05, 4.69) is 9.97 Å². The molecule has 0 radical (unpaired) electrons. The van der Waals surface area contributed by atoms with Crippen LogP contribution in [0.2, 0.25) is 0 Å². The van der Waals surface area contributed by atoms with Crippen LogP contribution in [0.5, 0.6) is 5.75 Å². The lowest BCUT2D eigenvalue weighted by Crippen LogP contribution is -2.56. The van der Waals surface area contributed by atoms with E-state index >= 15 is 0 Å². The molecule has 0 aliphatic carbocycles. The molecule has 31 heavy (non-hydrogen) atoms. The number of aromatic nitrogens is 2. The number of rotatable bonds is 3. The van der Waals surface area contributed by atoms with Gasteiger partial charge in [-0.2, -0.15) is 0 Å². The van der Waals surface area contributed by atoms with E-state index < -0.39 is 20.1 Å². The summed E-state index contributed by atoms with van der Waals surface area (Å²) in [7, 11) is -3.55. The molecule has 3 heterocycles. The molecule has 0 bridgehead atoms. The molecule has 164 valence electrons. The van der Waals surface area contributed by atoms with Crippen LogP contribution in [0.3, 0.4) is 0 Å². The van der Waals surface area contributed by atoms with E-state index in [0.717, 1.165) is 11.3 Å². The zero-order valence-corrected chi connectivity index (χ0v) is 18.9. The van der Waals surface area contributed by atoms with E-state index in [1.165, 1.54) is 0 Å². The molecule has 2 aliphatic heterocycles. The molecule has 1 atom stereocenters. The van der Waals surface area contributed by atoms with Crippen molar-refractivity contribution in [3.05, 3.63) is 52.6 Å². The van der Waals surface area contributed by atoms with E-state index in [1.54, 1.807) is 39.1 Å². The maximum Gasteiger partial charge on any atom is 0.187 e. The van der Waals surface area contributed by atoms with Gasteiger partial charge in [-0.25, -0.2) is 13.4 Å². The van der Waals surface area contributed by atoms with E-state index in [0.29, 0.717) is 35.7 Å². The summed E-state index contributed by atoms with van der Waals surface area (Å²) in [6.07, 6.45) is 2.08. The van der Waals surface area contributed by atoms with Crippen molar-refractivity contribution in [1.29, 1.82) is 0 Å². The third-order valence-corrected chi connectivity index (χ3v) is 8.79. The van der Waals surface area contributed by atoms with Gasteiger partial charge in [-0.15, -0.1) is 0 Å². The number of hydrogen-bond acceptors (Lipinski definition) is 8. The van der Waals surface area contributed by atoms with E-state index in [1.807, 2.05) is 13.0 Å². The first kappa shape index (κ1) is 21.4. The fourth-order valence-electron chi connectivity index (χ4n) is 4.10. The average molecular weight is 443 g/mol. The molecule has 4 rings (SSSR count). The van der Waals surface area contributed by atoms with Crippen LogP contribution in [0, 0.1) is 13.8 Å². The smallest absolute Gasteiger partial charge is 0.187 e. The summed E-state index contributed by atoms with van der Waals surface area (Å²) >= 11 is 0. The highest BCUT2D eigenvalue weighted by Crippen LogP contribution is 2.45. The number of hydrogen-bond donors (Lipinski definition) is 1. The van der Waals surface area contributed by atoms with Crippen molar-refractivity contribution in [2.75, 3.05) is 12.4 Å². The molecular weight excluding hydrogens is 416 g/mol. The third-order valence-electron chi connectivity index (χ3n) is 6.17. The van der Waals surface area contributed by atoms with E-state index in [4.69, 9.17) is 15.5 Å². The summed E-state index contributed by atoms with van der Waals surface area (Å²) in [5.74, 6) is 0.360. The summed E-state index contributed by atoms with van der Waals surface area (Å²) in [5, 5.41) is 0. The number of benzene rings is 1. The Morgan fingerprint density at radius 1 is 1.26 bits per heavy atom. The molecule has 0 saturated heterocycles. The number of sulfone groups is 1. The first-order valence-electron chi connectivity index (χ1n) is 10.1. The van der Waals surface area contributed by atoms with Gasteiger partial charge in [-0.3, -0.25) is 14.8 Å². The Balaban J connectivity index is 1.74. The molecule has 9 heteroatoms. The number of aryl methyl sites for hydroxylation is 2. The number of amidine groups is 1. The average Bonchev–Trinajstić information content (AvgIpc) is 2.67. The first-order chi connectivity index (χ1) is 14.4. The van der Waals surface area contributed by atoms with Gasteiger partial charge in [-0.1, -0.05) is 6.07 Å². The zero-order valence-electron chi connectivity index (χ0n) is 18.1. The number of aliphatic imine (C=N–C) groups is 1. The van der Waals surface area contributed by atoms with Crippen molar-refractivity contribution >= 4 is 21.5 Å². The molecule has 0 saturated carbocycles. The second-order valence-corrected chi connectivity index (χ2v) is 11.3. The number of Topliss-reactive ketones (excluding diaryl/α,β-unsaturated/α-hetero) is 1. The summed E-state index contributed by atoms with van der Waals surface area (Å²) < 4.78 is 30.6. The van der Waals surface area contributed by atoms with Crippen LogP contribution >= 0.6 is 0 Å². The number of carbonyl (C=O) groups is 1.